The number of esters is 1. The van der Waals surface area contributed by atoms with Crippen molar-refractivity contribution in [1.29, 1.82) is 0 Å². The predicted molar refractivity (Wildman–Crippen MR) is 115 cm³/mol. The highest BCUT2D eigenvalue weighted by Gasteiger charge is 2.13. The summed E-state index contributed by atoms with van der Waals surface area (Å²) in [6.45, 7) is 10.5. The fourth-order valence-electron chi connectivity index (χ4n) is 2.67. The summed E-state index contributed by atoms with van der Waals surface area (Å²) in [6.07, 6.45) is 0.0807. The monoisotopic (exact) mass is 397 g/mol. The van der Waals surface area contributed by atoms with E-state index in [9.17, 15) is 9.59 Å². The highest BCUT2D eigenvalue weighted by atomic mass is 16.5. The fourth-order valence-corrected chi connectivity index (χ4v) is 2.67. The van der Waals surface area contributed by atoms with Crippen molar-refractivity contribution in [3.63, 3.8) is 0 Å². The van der Waals surface area contributed by atoms with Crippen molar-refractivity contribution in [2.24, 2.45) is 0 Å². The number of carbonyl (C=O) groups is 2. The van der Waals surface area contributed by atoms with Crippen molar-refractivity contribution in [3.05, 3.63) is 59.7 Å². The van der Waals surface area contributed by atoms with Crippen LogP contribution in [0.4, 0.5) is 5.69 Å². The number of hydrogen-bond acceptors (Lipinski definition) is 4. The Morgan fingerprint density at radius 3 is 2.14 bits per heavy atom. The van der Waals surface area contributed by atoms with E-state index in [4.69, 9.17) is 9.47 Å². The summed E-state index contributed by atoms with van der Waals surface area (Å²) in [5, 5.41) is 2.72. The number of rotatable bonds is 8. The third-order valence-corrected chi connectivity index (χ3v) is 4.52. The molecule has 0 unspecified atom stereocenters. The van der Waals surface area contributed by atoms with Gasteiger partial charge >= 0.3 is 5.97 Å². The van der Waals surface area contributed by atoms with Crippen molar-refractivity contribution < 1.29 is 19.1 Å². The van der Waals surface area contributed by atoms with Crippen LogP contribution in [0, 0.1) is 0 Å². The normalized spacial score (nSPS) is 11.2. The van der Waals surface area contributed by atoms with Crippen molar-refractivity contribution in [2.45, 2.75) is 52.4 Å². The van der Waals surface area contributed by atoms with Gasteiger partial charge in [0.05, 0.1) is 13.0 Å². The van der Waals surface area contributed by atoms with Crippen LogP contribution in [-0.4, -0.2) is 25.1 Å². The van der Waals surface area contributed by atoms with E-state index in [0.717, 1.165) is 0 Å². The number of hydrogen-bond donors (Lipinski definition) is 1. The lowest BCUT2D eigenvalue weighted by atomic mass is 9.87. The van der Waals surface area contributed by atoms with Crippen LogP contribution in [0.5, 0.6) is 5.75 Å². The number of anilines is 1. The van der Waals surface area contributed by atoms with Crippen LogP contribution in [0.15, 0.2) is 48.5 Å². The summed E-state index contributed by atoms with van der Waals surface area (Å²) in [7, 11) is 0. The number of nitrogens with one attached hydrogen (secondary N) is 1. The molecule has 5 heteroatoms. The Kier molecular flexibility index (Phi) is 7.82. The average Bonchev–Trinajstić information content (AvgIpc) is 2.66. The lowest BCUT2D eigenvalue weighted by Gasteiger charge is -2.19. The van der Waals surface area contributed by atoms with Crippen molar-refractivity contribution in [3.8, 4) is 5.75 Å². The van der Waals surface area contributed by atoms with E-state index in [1.54, 1.807) is 0 Å². The maximum Gasteiger partial charge on any atom is 0.309 e. The molecule has 0 spiro atoms. The van der Waals surface area contributed by atoms with Crippen molar-refractivity contribution in [2.75, 3.05) is 18.5 Å². The highest BCUT2D eigenvalue weighted by molar-refractivity contribution is 5.92. The molecule has 0 saturated carbocycles. The van der Waals surface area contributed by atoms with Gasteiger partial charge in [-0.1, -0.05) is 58.9 Å². The van der Waals surface area contributed by atoms with Crippen LogP contribution < -0.4 is 10.1 Å². The molecule has 0 fully saturated rings. The smallest absolute Gasteiger partial charge is 0.309 e. The highest BCUT2D eigenvalue weighted by Crippen LogP contribution is 2.24. The van der Waals surface area contributed by atoms with Gasteiger partial charge in [0.1, 0.15) is 5.75 Å². The minimum Gasteiger partial charge on any atom is -0.493 e. The second-order valence-corrected chi connectivity index (χ2v) is 8.36. The lowest BCUT2D eigenvalue weighted by molar-refractivity contribution is -0.147. The molecule has 5 nitrogen and oxygen atoms in total. The van der Waals surface area contributed by atoms with E-state index in [-0.39, 0.29) is 31.0 Å². The molecule has 0 atom stereocenters. The van der Waals surface area contributed by atoms with Gasteiger partial charge in [0.2, 0.25) is 0 Å². The number of ether oxygens (including phenoxy) is 2. The molecule has 1 amide bonds. The zero-order valence-corrected chi connectivity index (χ0v) is 18.0. The van der Waals surface area contributed by atoms with Crippen molar-refractivity contribution in [1.82, 2.24) is 0 Å². The van der Waals surface area contributed by atoms with Crippen LogP contribution in [0.25, 0.3) is 0 Å². The van der Waals surface area contributed by atoms with Gasteiger partial charge < -0.3 is 14.8 Å². The third-order valence-electron chi connectivity index (χ3n) is 4.52. The fraction of sp³-hybridized carbons (Fsp3) is 0.417. The van der Waals surface area contributed by atoms with E-state index in [1.165, 1.54) is 11.1 Å². The van der Waals surface area contributed by atoms with E-state index in [1.807, 2.05) is 48.5 Å². The molecule has 156 valence electrons. The summed E-state index contributed by atoms with van der Waals surface area (Å²) in [4.78, 5) is 23.7. The second-order valence-electron chi connectivity index (χ2n) is 8.36. The summed E-state index contributed by atoms with van der Waals surface area (Å²) in [6, 6.07) is 15.4. The number of benzene rings is 2. The lowest BCUT2D eigenvalue weighted by Crippen LogP contribution is -2.21. The summed E-state index contributed by atoms with van der Waals surface area (Å²) < 4.78 is 10.6. The standard InChI is InChI=1S/C24H31NO4/c1-17(2)18-6-10-20(11-7-18)25-22(26)16-29-23(27)14-15-28-21-12-8-19(9-13-21)24(3,4)5/h6-13,17H,14-16H2,1-5H3,(H,25,26). The molecule has 0 bridgehead atoms. The van der Waals surface area contributed by atoms with Crippen molar-refractivity contribution >= 4 is 17.6 Å². The Morgan fingerprint density at radius 2 is 1.59 bits per heavy atom. The Hall–Kier alpha value is -2.82. The first kappa shape index (κ1) is 22.5. The zero-order chi connectivity index (χ0) is 21.4. The Bertz CT molecular complexity index is 802. The maximum atomic E-state index is 11.9. The Balaban J connectivity index is 1.68. The van der Waals surface area contributed by atoms with E-state index < -0.39 is 5.97 Å². The van der Waals surface area contributed by atoms with Gasteiger partial charge in [-0.2, -0.15) is 0 Å². The largest absolute Gasteiger partial charge is 0.493 e. The zero-order valence-electron chi connectivity index (χ0n) is 18.0. The second kappa shape index (κ2) is 10.1. The SMILES string of the molecule is CC(C)c1ccc(NC(=O)COC(=O)CCOc2ccc(C(C)(C)C)cc2)cc1. The molecular weight excluding hydrogens is 366 g/mol. The molecular formula is C24H31NO4. The van der Waals surface area contributed by atoms with E-state index >= 15 is 0 Å². The van der Waals surface area contributed by atoms with Gasteiger partial charge in [0.15, 0.2) is 6.61 Å². The first-order chi connectivity index (χ1) is 13.6. The molecule has 0 aromatic heterocycles. The Morgan fingerprint density at radius 1 is 0.966 bits per heavy atom. The molecule has 1 N–H and O–H groups in total. The minimum absolute atomic E-state index is 0.0807. The van der Waals surface area contributed by atoms with Gasteiger partial charge in [-0.05, 0) is 46.7 Å². The average molecular weight is 398 g/mol. The topological polar surface area (TPSA) is 64.6 Å². The van der Waals surface area contributed by atoms with Crippen LogP contribution in [-0.2, 0) is 19.7 Å². The summed E-state index contributed by atoms with van der Waals surface area (Å²) >= 11 is 0. The predicted octanol–water partition coefficient (Wildman–Crippen LogP) is 5.06. The van der Waals surface area contributed by atoms with Gasteiger partial charge in [0, 0.05) is 5.69 Å². The molecule has 29 heavy (non-hydrogen) atoms. The molecule has 2 aromatic rings. The first-order valence-corrected chi connectivity index (χ1v) is 9.94. The first-order valence-electron chi connectivity index (χ1n) is 9.94. The quantitative estimate of drug-likeness (QED) is 0.633. The van der Waals surface area contributed by atoms with Crippen LogP contribution in [0.2, 0.25) is 0 Å². The van der Waals surface area contributed by atoms with Gasteiger partial charge in [-0.25, -0.2) is 0 Å². The van der Waals surface area contributed by atoms with E-state index in [2.05, 4.69) is 39.9 Å². The van der Waals surface area contributed by atoms with Crippen LogP contribution in [0.1, 0.15) is 58.1 Å². The molecule has 0 aliphatic heterocycles. The van der Waals surface area contributed by atoms with Gasteiger partial charge in [-0.15, -0.1) is 0 Å². The maximum absolute atomic E-state index is 11.9. The molecule has 2 aromatic carbocycles. The Labute approximate surface area is 173 Å². The molecule has 0 saturated heterocycles. The number of amides is 1. The van der Waals surface area contributed by atoms with E-state index in [0.29, 0.717) is 17.4 Å². The van der Waals surface area contributed by atoms with Gasteiger partial charge in [-0.3, -0.25) is 9.59 Å². The molecule has 0 aliphatic rings. The molecule has 0 heterocycles. The molecule has 0 aliphatic carbocycles. The summed E-state index contributed by atoms with van der Waals surface area (Å²) in [5.41, 5.74) is 3.17. The van der Waals surface area contributed by atoms with Gasteiger partial charge in [0.25, 0.3) is 5.91 Å². The molecule has 2 rings (SSSR count). The third kappa shape index (κ3) is 7.60. The summed E-state index contributed by atoms with van der Waals surface area (Å²) in [5.74, 6) is 0.295. The minimum atomic E-state index is -0.471. The van der Waals surface area contributed by atoms with Crippen LogP contribution in [0.3, 0.4) is 0 Å². The molecule has 0 radical (unpaired) electrons. The van der Waals surface area contributed by atoms with Crippen LogP contribution >= 0.6 is 0 Å². The number of carbonyl (C=O) groups excluding carboxylic acids is 2.